The molecule has 0 radical (unpaired) electrons. The molecule has 0 saturated carbocycles. The van der Waals surface area contributed by atoms with Gasteiger partial charge in [-0.3, -0.25) is 4.79 Å². The summed E-state index contributed by atoms with van der Waals surface area (Å²) < 4.78 is 0. The molecule has 118 valence electrons. The summed E-state index contributed by atoms with van der Waals surface area (Å²) in [6, 6.07) is 3.86. The van der Waals surface area contributed by atoms with E-state index in [1.165, 1.54) is 4.88 Å². The molecule has 0 saturated heterocycles. The van der Waals surface area contributed by atoms with Gasteiger partial charge in [0.2, 0.25) is 5.91 Å². The Morgan fingerprint density at radius 1 is 1.19 bits per heavy atom. The molecule has 0 unspecified atom stereocenters. The predicted molar refractivity (Wildman–Crippen MR) is 86.5 cm³/mol. The summed E-state index contributed by atoms with van der Waals surface area (Å²) in [6.07, 6.45) is 1.72. The lowest BCUT2D eigenvalue weighted by molar-refractivity contribution is -0.121. The topological polar surface area (TPSA) is 61.4 Å². The van der Waals surface area contributed by atoms with Crippen LogP contribution in [0.15, 0.2) is 12.1 Å². The Hall–Kier alpha value is -1.56. The minimum absolute atomic E-state index is 0.104. The molecular formula is C15H25N3O2S. The average Bonchev–Trinajstić information content (AvgIpc) is 2.87. The van der Waals surface area contributed by atoms with E-state index < -0.39 is 0 Å². The molecule has 0 spiro atoms. The van der Waals surface area contributed by atoms with Crippen molar-refractivity contribution in [3.05, 3.63) is 21.9 Å². The molecule has 6 heteroatoms. The van der Waals surface area contributed by atoms with Gasteiger partial charge >= 0.3 is 6.03 Å². The van der Waals surface area contributed by atoms with E-state index in [0.29, 0.717) is 19.6 Å². The highest BCUT2D eigenvalue weighted by atomic mass is 32.1. The minimum Gasteiger partial charge on any atom is -0.355 e. The number of amides is 3. The summed E-state index contributed by atoms with van der Waals surface area (Å²) in [4.78, 5) is 27.8. The average molecular weight is 311 g/mol. The third kappa shape index (κ3) is 6.62. The first-order chi connectivity index (χ1) is 10.1. The van der Waals surface area contributed by atoms with Crippen LogP contribution in [0.2, 0.25) is 0 Å². The highest BCUT2D eigenvalue weighted by Crippen LogP contribution is 2.14. The Bertz CT molecular complexity index is 460. The largest absolute Gasteiger partial charge is 0.355 e. The number of carbonyl (C=O) groups excluding carboxylic acids is 2. The van der Waals surface area contributed by atoms with Crippen LogP contribution in [0.25, 0.3) is 0 Å². The van der Waals surface area contributed by atoms with Gasteiger partial charge in [-0.25, -0.2) is 4.79 Å². The highest BCUT2D eigenvalue weighted by molar-refractivity contribution is 7.11. The Kier molecular flexibility index (Phi) is 7.82. The van der Waals surface area contributed by atoms with Crippen molar-refractivity contribution in [1.29, 1.82) is 0 Å². The second-order valence-electron chi connectivity index (χ2n) is 4.94. The normalized spacial score (nSPS) is 10.2. The molecule has 0 fully saturated rings. The van der Waals surface area contributed by atoms with Crippen LogP contribution in [-0.2, 0) is 11.3 Å². The Balaban J connectivity index is 2.46. The first-order valence-electron chi connectivity index (χ1n) is 7.41. The zero-order valence-corrected chi connectivity index (χ0v) is 13.9. The maximum atomic E-state index is 12.2. The third-order valence-corrected chi connectivity index (χ3v) is 3.90. The van der Waals surface area contributed by atoms with E-state index in [9.17, 15) is 9.59 Å². The fourth-order valence-electron chi connectivity index (χ4n) is 1.87. The summed E-state index contributed by atoms with van der Waals surface area (Å²) in [6.45, 7) is 7.88. The van der Waals surface area contributed by atoms with Crippen molar-refractivity contribution in [2.45, 2.75) is 40.2 Å². The highest BCUT2D eigenvalue weighted by Gasteiger charge is 2.15. The van der Waals surface area contributed by atoms with Gasteiger partial charge in [-0.2, -0.15) is 0 Å². The van der Waals surface area contributed by atoms with Gasteiger partial charge in [-0.15, -0.1) is 11.3 Å². The Morgan fingerprint density at radius 3 is 2.52 bits per heavy atom. The number of rotatable bonds is 8. The number of hydrogen-bond donors (Lipinski definition) is 2. The molecule has 1 rings (SSSR count). The quantitative estimate of drug-likeness (QED) is 0.775. The van der Waals surface area contributed by atoms with Gasteiger partial charge in [-0.1, -0.05) is 13.8 Å². The van der Waals surface area contributed by atoms with Gasteiger partial charge in [0.15, 0.2) is 0 Å². The molecule has 3 amide bonds. The van der Waals surface area contributed by atoms with Gasteiger partial charge in [0.1, 0.15) is 6.54 Å². The number of urea groups is 1. The van der Waals surface area contributed by atoms with E-state index in [-0.39, 0.29) is 18.5 Å². The molecule has 0 aliphatic heterocycles. The lowest BCUT2D eigenvalue weighted by Gasteiger charge is -2.21. The van der Waals surface area contributed by atoms with Gasteiger partial charge in [-0.05, 0) is 31.9 Å². The van der Waals surface area contributed by atoms with Crippen LogP contribution in [0.4, 0.5) is 4.79 Å². The van der Waals surface area contributed by atoms with E-state index in [2.05, 4.69) is 10.6 Å². The van der Waals surface area contributed by atoms with Crippen molar-refractivity contribution in [3.8, 4) is 0 Å². The number of nitrogens with zero attached hydrogens (tertiary/aromatic N) is 1. The van der Waals surface area contributed by atoms with Crippen LogP contribution in [0.1, 0.15) is 36.4 Å². The second-order valence-corrected chi connectivity index (χ2v) is 6.32. The molecule has 21 heavy (non-hydrogen) atoms. The van der Waals surface area contributed by atoms with Crippen molar-refractivity contribution in [2.24, 2.45) is 0 Å². The fourth-order valence-corrected chi connectivity index (χ4v) is 2.70. The lowest BCUT2D eigenvalue weighted by Crippen LogP contribution is -2.45. The second kappa shape index (κ2) is 9.39. The molecule has 0 atom stereocenters. The molecular weight excluding hydrogens is 286 g/mol. The van der Waals surface area contributed by atoms with Crippen LogP contribution >= 0.6 is 11.3 Å². The minimum atomic E-state index is -0.186. The number of aryl methyl sites for hydroxylation is 1. The SMILES string of the molecule is CCCNC(=O)CN(CCC)C(=O)NCc1ccc(C)s1. The third-order valence-electron chi connectivity index (χ3n) is 2.90. The summed E-state index contributed by atoms with van der Waals surface area (Å²) >= 11 is 1.67. The van der Waals surface area contributed by atoms with Crippen LogP contribution in [0.5, 0.6) is 0 Å². The molecule has 0 aromatic carbocycles. The van der Waals surface area contributed by atoms with Gasteiger partial charge < -0.3 is 15.5 Å². The number of nitrogens with one attached hydrogen (secondary N) is 2. The first kappa shape index (κ1) is 17.5. The lowest BCUT2D eigenvalue weighted by atomic mass is 10.4. The van der Waals surface area contributed by atoms with Crippen LogP contribution in [0.3, 0.4) is 0 Å². The van der Waals surface area contributed by atoms with Crippen molar-refractivity contribution >= 4 is 23.3 Å². The summed E-state index contributed by atoms with van der Waals surface area (Å²) in [5, 5.41) is 5.67. The Morgan fingerprint density at radius 2 is 1.95 bits per heavy atom. The van der Waals surface area contributed by atoms with Crippen LogP contribution in [-0.4, -0.2) is 36.5 Å². The number of carbonyl (C=O) groups is 2. The zero-order valence-electron chi connectivity index (χ0n) is 13.1. The van der Waals surface area contributed by atoms with E-state index in [1.54, 1.807) is 16.2 Å². The van der Waals surface area contributed by atoms with Gasteiger partial charge in [0.25, 0.3) is 0 Å². The van der Waals surface area contributed by atoms with Crippen LogP contribution in [0, 0.1) is 6.92 Å². The van der Waals surface area contributed by atoms with Gasteiger partial charge in [0.05, 0.1) is 6.54 Å². The standard InChI is InChI=1S/C15H25N3O2S/c1-4-8-16-14(19)11-18(9-5-2)15(20)17-10-13-7-6-12(3)21-13/h6-7H,4-5,8-11H2,1-3H3,(H,16,19)(H,17,20). The maximum Gasteiger partial charge on any atom is 0.318 e. The van der Waals surface area contributed by atoms with E-state index in [1.807, 2.05) is 32.9 Å². The van der Waals surface area contributed by atoms with Crippen molar-refractivity contribution in [3.63, 3.8) is 0 Å². The Labute approximate surface area is 130 Å². The van der Waals surface area contributed by atoms with Crippen LogP contribution < -0.4 is 10.6 Å². The van der Waals surface area contributed by atoms with Crippen molar-refractivity contribution in [2.75, 3.05) is 19.6 Å². The summed E-state index contributed by atoms with van der Waals surface area (Å²) in [5.41, 5.74) is 0. The summed E-state index contributed by atoms with van der Waals surface area (Å²) in [7, 11) is 0. The van der Waals surface area contributed by atoms with E-state index in [0.717, 1.165) is 17.7 Å². The fraction of sp³-hybridized carbons (Fsp3) is 0.600. The molecule has 1 aromatic rings. The number of hydrogen-bond acceptors (Lipinski definition) is 3. The molecule has 0 aliphatic carbocycles. The molecule has 5 nitrogen and oxygen atoms in total. The van der Waals surface area contributed by atoms with E-state index >= 15 is 0 Å². The molecule has 1 heterocycles. The monoisotopic (exact) mass is 311 g/mol. The maximum absolute atomic E-state index is 12.2. The molecule has 2 N–H and O–H groups in total. The van der Waals surface area contributed by atoms with Gasteiger partial charge in [0, 0.05) is 22.8 Å². The number of thiophene rings is 1. The molecule has 0 bridgehead atoms. The van der Waals surface area contributed by atoms with Crippen molar-refractivity contribution < 1.29 is 9.59 Å². The molecule has 0 aliphatic rings. The van der Waals surface area contributed by atoms with E-state index in [4.69, 9.17) is 0 Å². The van der Waals surface area contributed by atoms with Crippen molar-refractivity contribution in [1.82, 2.24) is 15.5 Å². The predicted octanol–water partition coefficient (Wildman–Crippen LogP) is 2.50. The molecule has 1 aromatic heterocycles. The first-order valence-corrected chi connectivity index (χ1v) is 8.23. The summed E-state index contributed by atoms with van der Waals surface area (Å²) in [5.74, 6) is -0.104. The zero-order chi connectivity index (χ0) is 15.7. The smallest absolute Gasteiger partial charge is 0.318 e.